The minimum atomic E-state index is -1.71. The van der Waals surface area contributed by atoms with E-state index in [0.717, 1.165) is 9.28 Å². The maximum absolute atomic E-state index is 11.7. The second-order valence-corrected chi connectivity index (χ2v) is 10.3. The van der Waals surface area contributed by atoms with E-state index in [1.165, 1.54) is 28.4 Å². The van der Waals surface area contributed by atoms with Crippen molar-refractivity contribution in [2.45, 2.75) is 35.7 Å². The number of nitrogens with zero attached hydrogens (tertiary/aromatic N) is 1. The van der Waals surface area contributed by atoms with E-state index < -0.39 is 22.8 Å². The molecular weight excluding hydrogens is 413 g/mol. The molecule has 5 nitrogen and oxygen atoms in total. The summed E-state index contributed by atoms with van der Waals surface area (Å²) in [5, 5.41) is -0.143. The number of thioether (sulfide) groups is 2. The normalized spacial score (nSPS) is 19.4. The standard InChI is InChI=1S/C11H14Cl3NO4S3/c1-3-21-10(20)22-8-4-7(16)15(8)6(2)19-9(17)18-5-11(12,13)14/h6,8H,3-5H2,1-2H3. The Labute approximate surface area is 157 Å². The first kappa shape index (κ1) is 20.4. The van der Waals surface area contributed by atoms with Crippen LogP contribution in [-0.2, 0) is 14.3 Å². The number of alkyl halides is 3. The van der Waals surface area contributed by atoms with Crippen LogP contribution in [0.2, 0.25) is 0 Å². The zero-order valence-corrected chi connectivity index (χ0v) is 16.4. The van der Waals surface area contributed by atoms with Crippen LogP contribution >= 0.6 is 70.5 Å². The Morgan fingerprint density at radius 1 is 1.55 bits per heavy atom. The van der Waals surface area contributed by atoms with Gasteiger partial charge < -0.3 is 9.47 Å². The molecule has 1 rings (SSSR count). The summed E-state index contributed by atoms with van der Waals surface area (Å²) in [5.41, 5.74) is 0. The quantitative estimate of drug-likeness (QED) is 0.283. The summed E-state index contributed by atoms with van der Waals surface area (Å²) in [6.07, 6.45) is -1.43. The summed E-state index contributed by atoms with van der Waals surface area (Å²) in [5.74, 6) is 0.741. The fourth-order valence-electron chi connectivity index (χ4n) is 1.57. The van der Waals surface area contributed by atoms with Gasteiger partial charge in [0.2, 0.25) is 9.70 Å². The molecule has 0 radical (unpaired) electrons. The lowest BCUT2D eigenvalue weighted by molar-refractivity contribution is -0.156. The Bertz CT molecular complexity index is 447. The molecule has 1 heterocycles. The fourth-order valence-corrected chi connectivity index (χ4v) is 4.47. The molecule has 1 saturated heterocycles. The van der Waals surface area contributed by atoms with E-state index in [-0.39, 0.29) is 11.3 Å². The molecule has 22 heavy (non-hydrogen) atoms. The summed E-state index contributed by atoms with van der Waals surface area (Å²) < 4.78 is 8.69. The van der Waals surface area contributed by atoms with Gasteiger partial charge in [-0.3, -0.25) is 9.69 Å². The van der Waals surface area contributed by atoms with Gasteiger partial charge in [0.05, 0.1) is 11.8 Å². The van der Waals surface area contributed by atoms with E-state index in [0.29, 0.717) is 6.42 Å². The highest BCUT2D eigenvalue weighted by Crippen LogP contribution is 2.35. The molecular formula is C11H14Cl3NO4S3. The first-order valence-corrected chi connectivity index (χ1v) is 9.59. The highest BCUT2D eigenvalue weighted by Gasteiger charge is 2.42. The van der Waals surface area contributed by atoms with Crippen molar-refractivity contribution in [3.05, 3.63) is 0 Å². The van der Waals surface area contributed by atoms with E-state index in [1.807, 2.05) is 6.92 Å². The summed E-state index contributed by atoms with van der Waals surface area (Å²) in [7, 11) is 0. The van der Waals surface area contributed by atoms with Gasteiger partial charge in [-0.25, -0.2) is 4.79 Å². The van der Waals surface area contributed by atoms with Crippen LogP contribution < -0.4 is 0 Å². The van der Waals surface area contributed by atoms with Gasteiger partial charge in [-0.2, -0.15) is 0 Å². The van der Waals surface area contributed by atoms with E-state index in [9.17, 15) is 9.59 Å². The topological polar surface area (TPSA) is 55.8 Å². The lowest BCUT2D eigenvalue weighted by Crippen LogP contribution is -2.56. The van der Waals surface area contributed by atoms with Crippen molar-refractivity contribution in [1.29, 1.82) is 0 Å². The summed E-state index contributed by atoms with van der Waals surface area (Å²) in [6, 6.07) is 0. The molecule has 0 saturated carbocycles. The molecule has 0 N–H and O–H groups in total. The van der Waals surface area contributed by atoms with Crippen molar-refractivity contribution in [1.82, 2.24) is 4.90 Å². The summed E-state index contributed by atoms with van der Waals surface area (Å²) in [6.45, 7) is 3.12. The van der Waals surface area contributed by atoms with Crippen molar-refractivity contribution in [2.24, 2.45) is 0 Å². The molecule has 0 bridgehead atoms. The molecule has 0 spiro atoms. The molecule has 1 aliphatic rings. The number of hydrogen-bond acceptors (Lipinski definition) is 7. The number of rotatable bonds is 5. The van der Waals surface area contributed by atoms with E-state index >= 15 is 0 Å². The van der Waals surface area contributed by atoms with Gasteiger partial charge in [-0.05, 0) is 12.7 Å². The zero-order valence-electron chi connectivity index (χ0n) is 11.7. The second kappa shape index (κ2) is 9.03. The monoisotopic (exact) mass is 425 g/mol. The zero-order chi connectivity index (χ0) is 16.9. The van der Waals surface area contributed by atoms with Crippen LogP contribution in [0.4, 0.5) is 4.79 Å². The van der Waals surface area contributed by atoms with E-state index in [4.69, 9.17) is 51.8 Å². The highest BCUT2D eigenvalue weighted by atomic mass is 35.6. The second-order valence-electron chi connectivity index (χ2n) is 4.13. The molecule has 126 valence electrons. The SMILES string of the molecule is CCSC(=S)SC1CC(=O)N1C(C)OC(=O)OCC(Cl)(Cl)Cl. The van der Waals surface area contributed by atoms with E-state index in [1.54, 1.807) is 6.92 Å². The number of carbonyl (C=O) groups is 2. The molecule has 11 heteroatoms. The molecule has 1 fully saturated rings. The van der Waals surface area contributed by atoms with Crippen molar-refractivity contribution < 1.29 is 19.1 Å². The minimum Gasteiger partial charge on any atom is -0.430 e. The molecule has 0 aromatic rings. The number of likely N-dealkylation sites (tertiary alicyclic amines) is 1. The van der Waals surface area contributed by atoms with Crippen LogP contribution in [0.1, 0.15) is 20.3 Å². The Kier molecular flexibility index (Phi) is 8.39. The van der Waals surface area contributed by atoms with Gasteiger partial charge in [0, 0.05) is 0 Å². The summed E-state index contributed by atoms with van der Waals surface area (Å²) in [4.78, 5) is 24.6. The molecule has 1 amide bonds. The Morgan fingerprint density at radius 3 is 2.68 bits per heavy atom. The fraction of sp³-hybridized carbons (Fsp3) is 0.727. The van der Waals surface area contributed by atoms with Gasteiger partial charge in [0.15, 0.2) is 6.23 Å². The lowest BCUT2D eigenvalue weighted by atomic mass is 10.2. The molecule has 2 unspecified atom stereocenters. The van der Waals surface area contributed by atoms with Crippen molar-refractivity contribution in [3.63, 3.8) is 0 Å². The maximum atomic E-state index is 11.7. The van der Waals surface area contributed by atoms with Gasteiger partial charge in [-0.1, -0.05) is 65.7 Å². The average Bonchev–Trinajstić information content (AvgIpc) is 2.34. The predicted molar refractivity (Wildman–Crippen MR) is 95.8 cm³/mol. The molecule has 0 aliphatic carbocycles. The van der Waals surface area contributed by atoms with Gasteiger partial charge >= 0.3 is 6.16 Å². The molecule has 2 atom stereocenters. The number of thiocarbonyl (C=S) groups is 1. The number of carbonyl (C=O) groups excluding carboxylic acids is 2. The Hall–Kier alpha value is 0.400. The van der Waals surface area contributed by atoms with E-state index in [2.05, 4.69) is 4.74 Å². The van der Waals surface area contributed by atoms with Crippen LogP contribution in [0, 0.1) is 0 Å². The molecule has 0 aromatic carbocycles. The largest absolute Gasteiger partial charge is 0.510 e. The highest BCUT2D eigenvalue weighted by molar-refractivity contribution is 8.47. The number of hydrogen-bond donors (Lipinski definition) is 0. The third-order valence-electron chi connectivity index (χ3n) is 2.45. The number of halogens is 3. The van der Waals surface area contributed by atoms with Crippen LogP contribution in [-0.4, -0.2) is 48.2 Å². The first-order valence-electron chi connectivity index (χ1n) is 6.18. The average molecular weight is 427 g/mol. The van der Waals surface area contributed by atoms with Gasteiger partial charge in [-0.15, -0.1) is 11.8 Å². The first-order chi connectivity index (χ1) is 10.1. The van der Waals surface area contributed by atoms with Crippen LogP contribution in [0.15, 0.2) is 0 Å². The van der Waals surface area contributed by atoms with Gasteiger partial charge in [0.25, 0.3) is 0 Å². The maximum Gasteiger partial charge on any atom is 0.510 e. The Balaban J connectivity index is 2.45. The number of amides is 1. The van der Waals surface area contributed by atoms with Crippen LogP contribution in [0.5, 0.6) is 0 Å². The van der Waals surface area contributed by atoms with Crippen LogP contribution in [0.25, 0.3) is 0 Å². The third-order valence-corrected chi connectivity index (χ3v) is 5.45. The number of β-lactam (4-membered cyclic amide) rings is 1. The summed E-state index contributed by atoms with van der Waals surface area (Å²) >= 11 is 24.5. The smallest absolute Gasteiger partial charge is 0.430 e. The predicted octanol–water partition coefficient (Wildman–Crippen LogP) is 4.19. The van der Waals surface area contributed by atoms with Crippen molar-refractivity contribution >= 4 is 86.1 Å². The minimum absolute atomic E-state index is 0.122. The van der Waals surface area contributed by atoms with Gasteiger partial charge in [0.1, 0.15) is 10.1 Å². The third kappa shape index (κ3) is 6.88. The molecule has 1 aliphatic heterocycles. The molecule has 0 aromatic heterocycles. The van der Waals surface area contributed by atoms with Crippen molar-refractivity contribution in [3.8, 4) is 0 Å². The lowest BCUT2D eigenvalue weighted by Gasteiger charge is -2.42. The number of ether oxygens (including phenoxy) is 2. The van der Waals surface area contributed by atoms with Crippen LogP contribution in [0.3, 0.4) is 0 Å². The van der Waals surface area contributed by atoms with Crippen molar-refractivity contribution in [2.75, 3.05) is 12.4 Å². The Morgan fingerprint density at radius 2 is 2.18 bits per heavy atom.